The van der Waals surface area contributed by atoms with E-state index in [4.69, 9.17) is 30.5 Å². The molecule has 1 aliphatic rings. The van der Waals surface area contributed by atoms with Crippen LogP contribution in [0.15, 0.2) is 12.7 Å². The number of carbonyl (C=O) groups is 3. The van der Waals surface area contributed by atoms with Crippen molar-refractivity contribution in [2.24, 2.45) is 0 Å². The molecule has 1 aliphatic heterocycles. The van der Waals surface area contributed by atoms with Crippen molar-refractivity contribution in [2.75, 3.05) is 6.61 Å². The molecule has 1 saturated heterocycles. The maximum atomic E-state index is 11.7. The highest BCUT2D eigenvalue weighted by molar-refractivity contribution is 6.33. The van der Waals surface area contributed by atoms with Crippen LogP contribution in [0.2, 0.25) is 5.15 Å². The summed E-state index contributed by atoms with van der Waals surface area (Å²) in [5.74, 6) is -1.76. The number of halogens is 1. The number of hydrogen-bond donors (Lipinski definition) is 0. The van der Waals surface area contributed by atoms with Gasteiger partial charge in [0.1, 0.15) is 24.6 Å². The summed E-state index contributed by atoms with van der Waals surface area (Å²) in [6.45, 7) is 3.45. The summed E-state index contributed by atoms with van der Waals surface area (Å²) < 4.78 is 23.1. The van der Waals surface area contributed by atoms with Gasteiger partial charge in [0, 0.05) is 20.8 Å². The number of imidazole rings is 1. The van der Waals surface area contributed by atoms with Gasteiger partial charge in [0.2, 0.25) is 0 Å². The Hall–Kier alpha value is -2.79. The molecule has 28 heavy (non-hydrogen) atoms. The molecule has 0 spiro atoms. The van der Waals surface area contributed by atoms with Crippen LogP contribution in [-0.4, -0.2) is 62.3 Å². The van der Waals surface area contributed by atoms with Crippen molar-refractivity contribution in [3.63, 3.8) is 0 Å². The minimum Gasteiger partial charge on any atom is -0.463 e. The van der Waals surface area contributed by atoms with Crippen LogP contribution in [0.3, 0.4) is 0 Å². The summed E-state index contributed by atoms with van der Waals surface area (Å²) in [4.78, 5) is 46.6. The lowest BCUT2D eigenvalue weighted by Gasteiger charge is -2.23. The normalized spacial score (nSPS) is 24.1. The van der Waals surface area contributed by atoms with Gasteiger partial charge in [-0.15, -0.1) is 0 Å². The Morgan fingerprint density at radius 1 is 1.07 bits per heavy atom. The molecule has 0 radical (unpaired) electrons. The lowest BCUT2D eigenvalue weighted by atomic mass is 10.1. The van der Waals surface area contributed by atoms with Crippen molar-refractivity contribution >= 4 is 40.7 Å². The second-order valence-corrected chi connectivity index (χ2v) is 6.36. The van der Waals surface area contributed by atoms with Crippen molar-refractivity contribution in [3.8, 4) is 0 Å². The molecule has 0 aliphatic carbocycles. The number of fused-ring (bicyclic) bond motifs is 1. The first kappa shape index (κ1) is 20.0. The summed E-state index contributed by atoms with van der Waals surface area (Å²) in [5, 5.41) is 0.138. The zero-order valence-electron chi connectivity index (χ0n) is 15.2. The molecule has 0 aromatic carbocycles. The molecule has 1 fully saturated rings. The molecule has 12 heteroatoms. The molecule has 0 amide bonds. The van der Waals surface area contributed by atoms with Crippen LogP contribution in [0.5, 0.6) is 0 Å². The third-order valence-corrected chi connectivity index (χ3v) is 4.21. The molecular weight excluding hydrogens is 396 g/mol. The Kier molecular flexibility index (Phi) is 5.75. The van der Waals surface area contributed by atoms with Crippen LogP contribution in [0, 0.1) is 0 Å². The Morgan fingerprint density at radius 2 is 1.75 bits per heavy atom. The smallest absolute Gasteiger partial charge is 0.303 e. The van der Waals surface area contributed by atoms with Gasteiger partial charge in [0.15, 0.2) is 29.2 Å². The lowest BCUT2D eigenvalue weighted by molar-refractivity contribution is -0.166. The monoisotopic (exact) mass is 412 g/mol. The molecule has 0 bridgehead atoms. The number of hydrogen-bond acceptors (Lipinski definition) is 10. The van der Waals surface area contributed by atoms with E-state index in [0.29, 0.717) is 11.2 Å². The predicted octanol–water partition coefficient (Wildman–Crippen LogP) is 0.804. The van der Waals surface area contributed by atoms with Crippen molar-refractivity contribution < 1.29 is 33.3 Å². The first-order valence-electron chi connectivity index (χ1n) is 8.24. The Balaban J connectivity index is 2.01. The van der Waals surface area contributed by atoms with Gasteiger partial charge >= 0.3 is 17.9 Å². The van der Waals surface area contributed by atoms with Crippen LogP contribution in [0.4, 0.5) is 0 Å². The number of carbonyl (C=O) groups excluding carboxylic acids is 3. The highest BCUT2D eigenvalue weighted by Gasteiger charge is 2.51. The van der Waals surface area contributed by atoms with E-state index in [1.807, 2.05) is 0 Å². The minimum absolute atomic E-state index is 0.138. The highest BCUT2D eigenvalue weighted by atomic mass is 35.5. The van der Waals surface area contributed by atoms with Gasteiger partial charge in [-0.25, -0.2) is 15.0 Å². The van der Waals surface area contributed by atoms with Crippen LogP contribution < -0.4 is 0 Å². The average Bonchev–Trinajstić information content (AvgIpc) is 3.16. The molecule has 3 heterocycles. The fourth-order valence-electron chi connectivity index (χ4n) is 2.93. The molecule has 0 N–H and O–H groups in total. The summed E-state index contributed by atoms with van der Waals surface area (Å²) in [6, 6.07) is 0. The Labute approximate surface area is 163 Å². The van der Waals surface area contributed by atoms with E-state index in [-0.39, 0.29) is 11.8 Å². The maximum Gasteiger partial charge on any atom is 0.303 e. The maximum absolute atomic E-state index is 11.7. The van der Waals surface area contributed by atoms with Gasteiger partial charge in [-0.3, -0.25) is 19.0 Å². The van der Waals surface area contributed by atoms with Crippen molar-refractivity contribution in [1.29, 1.82) is 0 Å². The van der Waals surface area contributed by atoms with Gasteiger partial charge in [-0.05, 0) is 0 Å². The Bertz CT molecular complexity index is 918. The first-order valence-corrected chi connectivity index (χ1v) is 8.62. The zero-order valence-corrected chi connectivity index (χ0v) is 16.0. The van der Waals surface area contributed by atoms with Crippen LogP contribution in [0.25, 0.3) is 11.2 Å². The number of aromatic nitrogens is 4. The molecule has 0 saturated carbocycles. The molecule has 3 rings (SSSR count). The fraction of sp³-hybridized carbons (Fsp3) is 0.500. The van der Waals surface area contributed by atoms with E-state index < -0.39 is 42.4 Å². The van der Waals surface area contributed by atoms with E-state index in [0.717, 1.165) is 0 Å². The third kappa shape index (κ3) is 4.04. The van der Waals surface area contributed by atoms with Crippen molar-refractivity contribution in [1.82, 2.24) is 19.5 Å². The second-order valence-electron chi connectivity index (χ2n) is 6.00. The molecular formula is C16H17ClN4O7. The minimum atomic E-state index is -1.03. The number of nitrogens with zero attached hydrogens (tertiary/aromatic N) is 4. The third-order valence-electron chi connectivity index (χ3n) is 3.93. The average molecular weight is 413 g/mol. The van der Waals surface area contributed by atoms with Gasteiger partial charge in [-0.1, -0.05) is 11.6 Å². The number of esters is 3. The summed E-state index contributed by atoms with van der Waals surface area (Å²) in [7, 11) is 0. The summed E-state index contributed by atoms with van der Waals surface area (Å²) in [6.07, 6.45) is -1.24. The first-order chi connectivity index (χ1) is 13.3. The molecule has 2 aromatic heterocycles. The van der Waals surface area contributed by atoms with Crippen LogP contribution >= 0.6 is 11.6 Å². The summed E-state index contributed by atoms with van der Waals surface area (Å²) >= 11 is 6.03. The van der Waals surface area contributed by atoms with Gasteiger partial charge in [-0.2, -0.15) is 0 Å². The van der Waals surface area contributed by atoms with E-state index in [9.17, 15) is 14.4 Å². The molecule has 0 unspecified atom stereocenters. The second kappa shape index (κ2) is 8.07. The standard InChI is InChI=1S/C16H17ClN4O7/c1-7(22)25-4-10-12(26-8(2)23)13(27-9(3)24)16(28-10)21-6-20-11-14(17)18-5-19-15(11)21/h5-6,10,12-13,16H,4H2,1-3H3/t10-,12-,13-,16-/m0/s1. The zero-order chi connectivity index (χ0) is 20.4. The fourth-order valence-corrected chi connectivity index (χ4v) is 3.10. The van der Waals surface area contributed by atoms with E-state index >= 15 is 0 Å². The van der Waals surface area contributed by atoms with Crippen molar-refractivity contribution in [2.45, 2.75) is 45.3 Å². The van der Waals surface area contributed by atoms with Gasteiger partial charge in [0.05, 0.1) is 6.33 Å². The molecule has 11 nitrogen and oxygen atoms in total. The van der Waals surface area contributed by atoms with Crippen molar-refractivity contribution in [3.05, 3.63) is 17.8 Å². The van der Waals surface area contributed by atoms with Gasteiger partial charge < -0.3 is 18.9 Å². The van der Waals surface area contributed by atoms with E-state index in [1.54, 1.807) is 0 Å². The lowest BCUT2D eigenvalue weighted by Crippen LogP contribution is -2.40. The number of rotatable bonds is 5. The molecule has 2 aromatic rings. The highest BCUT2D eigenvalue weighted by Crippen LogP contribution is 2.36. The van der Waals surface area contributed by atoms with E-state index in [1.165, 1.54) is 38.0 Å². The quantitative estimate of drug-likeness (QED) is 0.394. The largest absolute Gasteiger partial charge is 0.463 e. The number of ether oxygens (including phenoxy) is 4. The van der Waals surface area contributed by atoms with E-state index in [2.05, 4.69) is 15.0 Å². The molecule has 150 valence electrons. The molecule has 4 atom stereocenters. The topological polar surface area (TPSA) is 132 Å². The van der Waals surface area contributed by atoms with Crippen LogP contribution in [0.1, 0.15) is 27.0 Å². The summed E-state index contributed by atoms with van der Waals surface area (Å²) in [5.41, 5.74) is 0.652. The Morgan fingerprint density at radius 3 is 2.39 bits per heavy atom. The van der Waals surface area contributed by atoms with Gasteiger partial charge in [0.25, 0.3) is 0 Å². The SMILES string of the molecule is CC(=O)OC[C@@H]1O[C@H](n2cnc3c(Cl)ncnc32)[C@@H](OC(C)=O)[C@H]1OC(C)=O. The van der Waals surface area contributed by atoms with Crippen LogP contribution in [-0.2, 0) is 33.3 Å². The predicted molar refractivity (Wildman–Crippen MR) is 92.0 cm³/mol.